The minimum Gasteiger partial charge on any atom is -0.497 e. The summed E-state index contributed by atoms with van der Waals surface area (Å²) in [6.07, 6.45) is 1.42. The topological polar surface area (TPSA) is 75.3 Å². The molecule has 0 bridgehead atoms. The highest BCUT2D eigenvalue weighted by molar-refractivity contribution is 7.89. The minimum atomic E-state index is -3.67. The SMILES string of the molecule is COc1cccc(CN(C)S(=O)(=O)c2[nH]ncc2CCl)c1. The van der Waals surface area contributed by atoms with Gasteiger partial charge in [0.2, 0.25) is 0 Å². The number of methoxy groups -OCH3 is 1. The average molecular weight is 330 g/mol. The number of alkyl halides is 1. The van der Waals surface area contributed by atoms with Crippen molar-refractivity contribution in [3.8, 4) is 5.75 Å². The molecule has 1 aromatic heterocycles. The summed E-state index contributed by atoms with van der Waals surface area (Å²) >= 11 is 5.72. The normalized spacial score (nSPS) is 11.8. The maximum absolute atomic E-state index is 12.5. The summed E-state index contributed by atoms with van der Waals surface area (Å²) in [4.78, 5) is 0. The molecule has 0 amide bonds. The van der Waals surface area contributed by atoms with Crippen LogP contribution in [0.15, 0.2) is 35.5 Å². The van der Waals surface area contributed by atoms with Gasteiger partial charge in [0.1, 0.15) is 5.75 Å². The van der Waals surface area contributed by atoms with Crippen LogP contribution < -0.4 is 4.74 Å². The van der Waals surface area contributed by atoms with Crippen LogP contribution in [0.3, 0.4) is 0 Å². The molecule has 2 rings (SSSR count). The van der Waals surface area contributed by atoms with Crippen molar-refractivity contribution in [1.82, 2.24) is 14.5 Å². The number of nitrogens with zero attached hydrogens (tertiary/aromatic N) is 2. The summed E-state index contributed by atoms with van der Waals surface area (Å²) in [6.45, 7) is 0.222. The molecule has 0 aliphatic carbocycles. The van der Waals surface area contributed by atoms with E-state index in [1.807, 2.05) is 12.1 Å². The average Bonchev–Trinajstić information content (AvgIpc) is 2.96. The van der Waals surface area contributed by atoms with Crippen LogP contribution in [0.2, 0.25) is 0 Å². The summed E-state index contributed by atoms with van der Waals surface area (Å²) in [5.41, 5.74) is 1.28. The molecule has 0 fully saturated rings. The molecule has 114 valence electrons. The van der Waals surface area contributed by atoms with Crippen molar-refractivity contribution in [3.63, 3.8) is 0 Å². The number of hydrogen-bond acceptors (Lipinski definition) is 4. The molecule has 0 unspecified atom stereocenters. The van der Waals surface area contributed by atoms with Crippen molar-refractivity contribution >= 4 is 21.6 Å². The van der Waals surface area contributed by atoms with Crippen molar-refractivity contribution in [3.05, 3.63) is 41.6 Å². The second kappa shape index (κ2) is 6.46. The molecule has 0 radical (unpaired) electrons. The van der Waals surface area contributed by atoms with E-state index in [4.69, 9.17) is 16.3 Å². The molecule has 0 spiro atoms. The quantitative estimate of drug-likeness (QED) is 0.822. The van der Waals surface area contributed by atoms with Gasteiger partial charge in [0.25, 0.3) is 10.0 Å². The summed E-state index contributed by atoms with van der Waals surface area (Å²) in [5.74, 6) is 0.763. The van der Waals surface area contributed by atoms with E-state index in [1.54, 1.807) is 19.2 Å². The fraction of sp³-hybridized carbons (Fsp3) is 0.308. The van der Waals surface area contributed by atoms with E-state index in [0.29, 0.717) is 11.3 Å². The zero-order valence-corrected chi connectivity index (χ0v) is 13.3. The molecule has 2 aromatic rings. The van der Waals surface area contributed by atoms with Gasteiger partial charge >= 0.3 is 0 Å². The van der Waals surface area contributed by atoms with Gasteiger partial charge in [-0.2, -0.15) is 9.40 Å². The predicted molar refractivity (Wildman–Crippen MR) is 79.8 cm³/mol. The molecule has 1 heterocycles. The second-order valence-electron chi connectivity index (χ2n) is 4.47. The summed E-state index contributed by atoms with van der Waals surface area (Å²) in [7, 11) is -0.592. The molecule has 0 atom stereocenters. The lowest BCUT2D eigenvalue weighted by molar-refractivity contribution is 0.412. The number of rotatable bonds is 6. The van der Waals surface area contributed by atoms with E-state index in [9.17, 15) is 8.42 Å². The first-order valence-electron chi connectivity index (χ1n) is 6.16. The van der Waals surface area contributed by atoms with Gasteiger partial charge in [-0.25, -0.2) is 8.42 Å². The first-order chi connectivity index (χ1) is 9.98. The zero-order valence-electron chi connectivity index (χ0n) is 11.7. The third kappa shape index (κ3) is 3.37. The lowest BCUT2D eigenvalue weighted by atomic mass is 10.2. The molecule has 0 saturated heterocycles. The number of aromatic nitrogens is 2. The lowest BCUT2D eigenvalue weighted by Gasteiger charge is -2.17. The number of aromatic amines is 1. The summed E-state index contributed by atoms with van der Waals surface area (Å²) < 4.78 is 31.4. The van der Waals surface area contributed by atoms with Crippen molar-refractivity contribution in [2.75, 3.05) is 14.2 Å². The van der Waals surface area contributed by atoms with Crippen LogP contribution in [-0.4, -0.2) is 37.1 Å². The molecule has 0 aliphatic heterocycles. The monoisotopic (exact) mass is 329 g/mol. The van der Waals surface area contributed by atoms with Crippen LogP contribution in [-0.2, 0) is 22.4 Å². The molecule has 6 nitrogen and oxygen atoms in total. The van der Waals surface area contributed by atoms with Crippen LogP contribution in [0.4, 0.5) is 0 Å². The summed E-state index contributed by atoms with van der Waals surface area (Å²) in [5, 5.41) is 6.27. The highest BCUT2D eigenvalue weighted by Crippen LogP contribution is 2.21. The molecule has 1 N–H and O–H groups in total. The van der Waals surface area contributed by atoms with Gasteiger partial charge < -0.3 is 4.74 Å². The van der Waals surface area contributed by atoms with Crippen molar-refractivity contribution < 1.29 is 13.2 Å². The molecule has 8 heteroatoms. The standard InChI is InChI=1S/C13H16ClN3O3S/c1-17(9-10-4-3-5-12(6-10)20-2)21(18,19)13-11(7-14)8-15-16-13/h3-6,8H,7,9H2,1-2H3,(H,15,16). The number of H-pyrrole nitrogens is 1. The molecule has 21 heavy (non-hydrogen) atoms. The number of hydrogen-bond donors (Lipinski definition) is 1. The van der Waals surface area contributed by atoms with Crippen molar-refractivity contribution in [2.45, 2.75) is 17.5 Å². The summed E-state index contributed by atoms with van der Waals surface area (Å²) in [6, 6.07) is 7.25. The Labute approximate surface area is 128 Å². The van der Waals surface area contributed by atoms with Gasteiger partial charge in [-0.3, -0.25) is 5.10 Å². The van der Waals surface area contributed by atoms with E-state index in [0.717, 1.165) is 5.56 Å². The number of sulfonamides is 1. The van der Waals surface area contributed by atoms with E-state index < -0.39 is 10.0 Å². The van der Waals surface area contributed by atoms with Crippen molar-refractivity contribution in [1.29, 1.82) is 0 Å². The first kappa shape index (κ1) is 15.8. The Morgan fingerprint density at radius 1 is 1.43 bits per heavy atom. The van der Waals surface area contributed by atoms with Crippen LogP contribution in [0.25, 0.3) is 0 Å². The lowest BCUT2D eigenvalue weighted by Crippen LogP contribution is -2.27. The van der Waals surface area contributed by atoms with Crippen LogP contribution in [0, 0.1) is 0 Å². The smallest absolute Gasteiger partial charge is 0.260 e. The zero-order chi connectivity index (χ0) is 15.5. The Morgan fingerprint density at radius 3 is 2.86 bits per heavy atom. The van der Waals surface area contributed by atoms with Gasteiger partial charge in [-0.1, -0.05) is 12.1 Å². The molecule has 0 saturated carbocycles. The third-order valence-corrected chi connectivity index (χ3v) is 5.14. The fourth-order valence-corrected chi connectivity index (χ4v) is 3.42. The van der Waals surface area contributed by atoms with E-state index >= 15 is 0 Å². The molecule has 1 aromatic carbocycles. The van der Waals surface area contributed by atoms with Crippen molar-refractivity contribution in [2.24, 2.45) is 0 Å². The van der Waals surface area contributed by atoms with Gasteiger partial charge in [-0.05, 0) is 17.7 Å². The first-order valence-corrected chi connectivity index (χ1v) is 8.14. The van der Waals surface area contributed by atoms with E-state index in [-0.39, 0.29) is 17.5 Å². The Balaban J connectivity index is 2.24. The number of ether oxygens (including phenoxy) is 1. The maximum Gasteiger partial charge on any atom is 0.260 e. The molecular formula is C13H16ClN3O3S. The number of halogens is 1. The number of benzene rings is 1. The van der Waals surface area contributed by atoms with E-state index in [2.05, 4.69) is 10.2 Å². The maximum atomic E-state index is 12.5. The highest BCUT2D eigenvalue weighted by atomic mass is 35.5. The predicted octanol–water partition coefficient (Wildman–Crippen LogP) is 1.98. The Morgan fingerprint density at radius 2 is 2.19 bits per heavy atom. The number of nitrogens with one attached hydrogen (secondary N) is 1. The van der Waals surface area contributed by atoms with Crippen LogP contribution >= 0.6 is 11.6 Å². The highest BCUT2D eigenvalue weighted by Gasteiger charge is 2.25. The van der Waals surface area contributed by atoms with Gasteiger partial charge in [-0.15, -0.1) is 11.6 Å². The second-order valence-corrected chi connectivity index (χ2v) is 6.72. The van der Waals surface area contributed by atoms with E-state index in [1.165, 1.54) is 17.5 Å². The van der Waals surface area contributed by atoms with Gasteiger partial charge in [0.15, 0.2) is 5.03 Å². The van der Waals surface area contributed by atoms with Crippen LogP contribution in [0.5, 0.6) is 5.75 Å². The fourth-order valence-electron chi connectivity index (χ4n) is 1.89. The minimum absolute atomic E-state index is 0.0305. The van der Waals surface area contributed by atoms with Crippen LogP contribution in [0.1, 0.15) is 11.1 Å². The molecule has 0 aliphatic rings. The Bertz CT molecular complexity index is 715. The largest absolute Gasteiger partial charge is 0.497 e. The third-order valence-electron chi connectivity index (χ3n) is 3.03. The molecular weight excluding hydrogens is 314 g/mol. The Kier molecular flexibility index (Phi) is 4.87. The Hall–Kier alpha value is -1.57. The van der Waals surface area contributed by atoms with Gasteiger partial charge in [0, 0.05) is 19.2 Å². The van der Waals surface area contributed by atoms with Gasteiger partial charge in [0.05, 0.1) is 19.2 Å².